The van der Waals surface area contributed by atoms with E-state index in [0.29, 0.717) is 45.4 Å². The van der Waals surface area contributed by atoms with Gasteiger partial charge in [-0.25, -0.2) is 0 Å². The van der Waals surface area contributed by atoms with Crippen LogP contribution in [0.2, 0.25) is 0 Å². The number of thiophene rings is 1. The van der Waals surface area contributed by atoms with E-state index in [-0.39, 0.29) is 24.2 Å². The van der Waals surface area contributed by atoms with Crippen molar-refractivity contribution in [1.82, 2.24) is 15.1 Å². The third-order valence-electron chi connectivity index (χ3n) is 5.50. The first kappa shape index (κ1) is 19.3. The minimum Gasteiger partial charge on any atom is -0.388 e. The van der Waals surface area contributed by atoms with Crippen LogP contribution >= 0.6 is 11.3 Å². The number of aliphatic hydroxyl groups is 1. The highest BCUT2D eigenvalue weighted by Gasteiger charge is 2.35. The Bertz CT molecular complexity index is 606. The van der Waals surface area contributed by atoms with Crippen molar-refractivity contribution in [3.8, 4) is 0 Å². The van der Waals surface area contributed by atoms with E-state index in [4.69, 9.17) is 0 Å². The molecule has 2 aliphatic rings. The summed E-state index contributed by atoms with van der Waals surface area (Å²) >= 11 is 1.64. The van der Waals surface area contributed by atoms with Gasteiger partial charge in [-0.15, -0.1) is 0 Å². The zero-order valence-electron chi connectivity index (χ0n) is 15.4. The van der Waals surface area contributed by atoms with Crippen LogP contribution in [0.4, 0.5) is 0 Å². The number of nitrogens with zero attached hydrogens (tertiary/aromatic N) is 2. The van der Waals surface area contributed by atoms with Crippen molar-refractivity contribution in [3.63, 3.8) is 0 Å². The fourth-order valence-electron chi connectivity index (χ4n) is 3.92. The molecule has 0 radical (unpaired) electrons. The van der Waals surface area contributed by atoms with Gasteiger partial charge in [-0.3, -0.25) is 9.59 Å². The van der Waals surface area contributed by atoms with Crippen LogP contribution < -0.4 is 5.32 Å². The Morgan fingerprint density at radius 2 is 2.19 bits per heavy atom. The predicted molar refractivity (Wildman–Crippen MR) is 102 cm³/mol. The molecule has 3 heterocycles. The van der Waals surface area contributed by atoms with Crippen molar-refractivity contribution >= 4 is 23.2 Å². The van der Waals surface area contributed by atoms with Gasteiger partial charge in [0.1, 0.15) is 0 Å². The van der Waals surface area contributed by atoms with E-state index in [2.05, 4.69) is 10.7 Å². The lowest BCUT2D eigenvalue weighted by molar-refractivity contribution is -0.143. The van der Waals surface area contributed by atoms with Crippen molar-refractivity contribution in [2.24, 2.45) is 5.92 Å². The molecule has 6 nitrogen and oxygen atoms in total. The number of likely N-dealkylation sites (tertiary alicyclic amines) is 1. The van der Waals surface area contributed by atoms with Crippen LogP contribution in [0.1, 0.15) is 37.7 Å². The smallest absolute Gasteiger partial charge is 0.225 e. The molecular formula is C19H29N3O3S. The molecule has 0 aliphatic carbocycles. The Labute approximate surface area is 159 Å². The molecule has 1 unspecified atom stereocenters. The van der Waals surface area contributed by atoms with Gasteiger partial charge in [0, 0.05) is 39.1 Å². The van der Waals surface area contributed by atoms with Crippen molar-refractivity contribution in [1.29, 1.82) is 0 Å². The van der Waals surface area contributed by atoms with E-state index < -0.39 is 5.60 Å². The summed E-state index contributed by atoms with van der Waals surface area (Å²) in [5.74, 6) is 0.161. The van der Waals surface area contributed by atoms with E-state index in [0.717, 1.165) is 18.5 Å². The molecule has 2 amide bonds. The topological polar surface area (TPSA) is 72.9 Å². The molecule has 7 heteroatoms. The third-order valence-corrected chi connectivity index (χ3v) is 6.24. The lowest BCUT2D eigenvalue weighted by Crippen LogP contribution is -2.50. The summed E-state index contributed by atoms with van der Waals surface area (Å²) in [6.45, 7) is 3.24. The molecule has 1 atom stereocenters. The number of amides is 2. The summed E-state index contributed by atoms with van der Waals surface area (Å²) in [6, 6.07) is 2.04. The highest BCUT2D eigenvalue weighted by molar-refractivity contribution is 7.07. The predicted octanol–water partition coefficient (Wildman–Crippen LogP) is 1.45. The van der Waals surface area contributed by atoms with Gasteiger partial charge in [-0.2, -0.15) is 11.3 Å². The standard InChI is InChI=1S/C19H29N3O3S/c1-21(12-15-5-10-26-13-15)18(24)16-3-8-22(9-4-16)17(23)11-19(25)6-2-7-20-14-19/h5,10,13,16,20,25H,2-4,6-9,11-12,14H2,1H3. The fraction of sp³-hybridized carbons (Fsp3) is 0.684. The highest BCUT2D eigenvalue weighted by atomic mass is 32.1. The molecule has 1 aromatic rings. The summed E-state index contributed by atoms with van der Waals surface area (Å²) in [5.41, 5.74) is 0.246. The molecule has 0 bridgehead atoms. The first-order valence-corrected chi connectivity index (χ1v) is 10.4. The van der Waals surface area contributed by atoms with Crippen LogP contribution in [0.15, 0.2) is 16.8 Å². The quantitative estimate of drug-likeness (QED) is 0.812. The van der Waals surface area contributed by atoms with Crippen LogP contribution in [0.3, 0.4) is 0 Å². The average molecular weight is 380 g/mol. The van der Waals surface area contributed by atoms with E-state index in [1.807, 2.05) is 23.4 Å². The van der Waals surface area contributed by atoms with Crippen LogP contribution in [0, 0.1) is 5.92 Å². The first-order chi connectivity index (χ1) is 12.5. The Morgan fingerprint density at radius 3 is 2.81 bits per heavy atom. The number of hydrogen-bond donors (Lipinski definition) is 2. The van der Waals surface area contributed by atoms with Crippen LogP contribution in [0.25, 0.3) is 0 Å². The molecule has 0 spiro atoms. The maximum absolute atomic E-state index is 12.6. The second-order valence-corrected chi connectivity index (χ2v) is 8.44. The molecule has 26 heavy (non-hydrogen) atoms. The molecule has 0 aromatic carbocycles. The molecule has 1 aromatic heterocycles. The van der Waals surface area contributed by atoms with Crippen LogP contribution in [-0.2, 0) is 16.1 Å². The number of β-amino-alcohol motifs (C(OH)–C–C–N with tert-alkyl or cyclic N) is 1. The van der Waals surface area contributed by atoms with Crippen molar-refractivity contribution < 1.29 is 14.7 Å². The molecule has 2 aliphatic heterocycles. The minimum atomic E-state index is -0.914. The molecule has 3 rings (SSSR count). The van der Waals surface area contributed by atoms with Crippen molar-refractivity contribution in [2.75, 3.05) is 33.2 Å². The van der Waals surface area contributed by atoms with Gasteiger partial charge >= 0.3 is 0 Å². The lowest BCUT2D eigenvalue weighted by Gasteiger charge is -2.37. The van der Waals surface area contributed by atoms with E-state index in [1.54, 1.807) is 16.2 Å². The minimum absolute atomic E-state index is 0.00808. The Hall–Kier alpha value is -1.44. The Balaban J connectivity index is 1.45. The molecule has 2 fully saturated rings. The monoisotopic (exact) mass is 379 g/mol. The summed E-state index contributed by atoms with van der Waals surface area (Å²) in [5, 5.41) is 17.8. The lowest BCUT2D eigenvalue weighted by atomic mass is 9.89. The second-order valence-electron chi connectivity index (χ2n) is 7.66. The fourth-order valence-corrected chi connectivity index (χ4v) is 4.58. The van der Waals surface area contributed by atoms with Gasteiger partial charge in [0.2, 0.25) is 11.8 Å². The van der Waals surface area contributed by atoms with Gasteiger partial charge in [-0.1, -0.05) is 0 Å². The molecular weight excluding hydrogens is 350 g/mol. The Morgan fingerprint density at radius 1 is 1.42 bits per heavy atom. The molecule has 2 saturated heterocycles. The van der Waals surface area contributed by atoms with E-state index >= 15 is 0 Å². The summed E-state index contributed by atoms with van der Waals surface area (Å²) in [4.78, 5) is 28.8. The average Bonchev–Trinajstić information content (AvgIpc) is 3.14. The number of carbonyl (C=O) groups excluding carboxylic acids is 2. The second kappa shape index (κ2) is 8.50. The Kier molecular flexibility index (Phi) is 6.32. The summed E-state index contributed by atoms with van der Waals surface area (Å²) in [7, 11) is 1.85. The van der Waals surface area contributed by atoms with Gasteiger partial charge in [0.25, 0.3) is 0 Å². The van der Waals surface area contributed by atoms with Crippen molar-refractivity contribution in [2.45, 2.75) is 44.2 Å². The van der Waals surface area contributed by atoms with E-state index in [9.17, 15) is 14.7 Å². The van der Waals surface area contributed by atoms with Crippen LogP contribution in [0.5, 0.6) is 0 Å². The van der Waals surface area contributed by atoms with Gasteiger partial charge in [0.05, 0.1) is 12.0 Å². The zero-order chi connectivity index (χ0) is 18.6. The number of piperidine rings is 2. The molecule has 0 saturated carbocycles. The SMILES string of the molecule is CN(Cc1ccsc1)C(=O)C1CCN(C(=O)CC2(O)CCCNC2)CC1. The summed E-state index contributed by atoms with van der Waals surface area (Å²) < 4.78 is 0. The van der Waals surface area contributed by atoms with Crippen molar-refractivity contribution in [3.05, 3.63) is 22.4 Å². The van der Waals surface area contributed by atoms with E-state index in [1.165, 1.54) is 0 Å². The number of carbonyl (C=O) groups is 2. The number of rotatable bonds is 5. The first-order valence-electron chi connectivity index (χ1n) is 9.44. The normalized spacial score (nSPS) is 24.5. The maximum Gasteiger partial charge on any atom is 0.225 e. The van der Waals surface area contributed by atoms with Gasteiger partial charge in [-0.05, 0) is 54.6 Å². The molecule has 2 N–H and O–H groups in total. The number of nitrogens with one attached hydrogen (secondary N) is 1. The maximum atomic E-state index is 12.6. The van der Waals surface area contributed by atoms with Gasteiger partial charge < -0.3 is 20.2 Å². The number of hydrogen-bond acceptors (Lipinski definition) is 5. The zero-order valence-corrected chi connectivity index (χ0v) is 16.3. The molecule has 144 valence electrons. The van der Waals surface area contributed by atoms with Crippen LogP contribution in [-0.4, -0.2) is 65.5 Å². The highest BCUT2D eigenvalue weighted by Crippen LogP contribution is 2.25. The largest absolute Gasteiger partial charge is 0.388 e. The third kappa shape index (κ3) is 4.84. The summed E-state index contributed by atoms with van der Waals surface area (Å²) in [6.07, 6.45) is 3.16. The van der Waals surface area contributed by atoms with Gasteiger partial charge in [0.15, 0.2) is 0 Å².